The van der Waals surface area contributed by atoms with Crippen LogP contribution < -0.4 is 5.32 Å². The Hall–Kier alpha value is -0.860. The predicted molar refractivity (Wildman–Crippen MR) is 80.2 cm³/mol. The number of rotatable bonds is 3. The largest absolute Gasteiger partial charge is 0.316 e. The van der Waals surface area contributed by atoms with Crippen LogP contribution in [0.4, 0.5) is 0 Å². The number of likely N-dealkylation sites (tertiary alicyclic amines) is 1. The first-order chi connectivity index (χ1) is 9.20. The third-order valence-corrected chi connectivity index (χ3v) is 5.23. The number of hydrogen-bond acceptors (Lipinski definition) is 2. The number of fused-ring (bicyclic) bond motifs is 1. The van der Waals surface area contributed by atoms with E-state index in [1.165, 1.54) is 37.2 Å². The summed E-state index contributed by atoms with van der Waals surface area (Å²) in [6.07, 6.45) is 1.28. The lowest BCUT2D eigenvalue weighted by atomic mass is 9.92. The molecule has 0 aromatic heterocycles. The number of benzene rings is 1. The summed E-state index contributed by atoms with van der Waals surface area (Å²) in [5, 5.41) is 3.57. The smallest absolute Gasteiger partial charge is 0.0323 e. The van der Waals surface area contributed by atoms with Crippen LogP contribution in [0.15, 0.2) is 24.3 Å². The molecule has 2 heterocycles. The zero-order valence-corrected chi connectivity index (χ0v) is 12.4. The summed E-state index contributed by atoms with van der Waals surface area (Å²) in [4.78, 5) is 2.75. The number of nitrogens with one attached hydrogen (secondary N) is 1. The molecule has 4 unspecified atom stereocenters. The summed E-state index contributed by atoms with van der Waals surface area (Å²) >= 11 is 0. The van der Waals surface area contributed by atoms with Crippen molar-refractivity contribution in [1.29, 1.82) is 0 Å². The molecule has 0 bridgehead atoms. The van der Waals surface area contributed by atoms with E-state index < -0.39 is 0 Å². The van der Waals surface area contributed by atoms with E-state index in [2.05, 4.69) is 55.3 Å². The lowest BCUT2D eigenvalue weighted by molar-refractivity contribution is 0.165. The molecule has 0 saturated carbocycles. The highest BCUT2D eigenvalue weighted by molar-refractivity contribution is 5.24. The molecule has 2 aliphatic rings. The molecule has 0 aliphatic carbocycles. The first-order valence-corrected chi connectivity index (χ1v) is 7.73. The second-order valence-electron chi connectivity index (χ2n) is 6.34. The van der Waals surface area contributed by atoms with Gasteiger partial charge in [-0.2, -0.15) is 0 Å². The van der Waals surface area contributed by atoms with E-state index in [-0.39, 0.29) is 0 Å². The van der Waals surface area contributed by atoms with Gasteiger partial charge in [-0.1, -0.05) is 36.8 Å². The fourth-order valence-corrected chi connectivity index (χ4v) is 4.07. The molecule has 2 nitrogen and oxygen atoms in total. The average molecular weight is 258 g/mol. The molecule has 1 aromatic rings. The maximum Gasteiger partial charge on any atom is 0.0323 e. The Labute approximate surface area is 117 Å². The highest BCUT2D eigenvalue weighted by atomic mass is 15.2. The molecule has 2 fully saturated rings. The Kier molecular flexibility index (Phi) is 3.64. The minimum absolute atomic E-state index is 0.552. The van der Waals surface area contributed by atoms with Crippen LogP contribution in [0.1, 0.15) is 37.4 Å². The van der Waals surface area contributed by atoms with E-state index in [1.54, 1.807) is 0 Å². The zero-order valence-electron chi connectivity index (χ0n) is 12.4. The van der Waals surface area contributed by atoms with Crippen molar-refractivity contribution in [1.82, 2.24) is 10.2 Å². The van der Waals surface area contributed by atoms with Gasteiger partial charge >= 0.3 is 0 Å². The summed E-state index contributed by atoms with van der Waals surface area (Å²) in [6, 6.07) is 10.4. The van der Waals surface area contributed by atoms with Gasteiger partial charge < -0.3 is 5.32 Å². The fourth-order valence-electron chi connectivity index (χ4n) is 4.07. The van der Waals surface area contributed by atoms with Crippen LogP contribution in [-0.2, 0) is 0 Å². The molecule has 1 aromatic carbocycles. The van der Waals surface area contributed by atoms with Crippen LogP contribution in [0.3, 0.4) is 0 Å². The molecule has 19 heavy (non-hydrogen) atoms. The summed E-state index contributed by atoms with van der Waals surface area (Å²) in [6.45, 7) is 10.6. The SMILES string of the molecule is CCC1C2CNCC2CN1C(C)c1ccc(C)cc1. The van der Waals surface area contributed by atoms with Gasteiger partial charge in [0, 0.05) is 18.6 Å². The normalized spacial score (nSPS) is 32.5. The van der Waals surface area contributed by atoms with E-state index in [9.17, 15) is 0 Å². The molecule has 0 spiro atoms. The van der Waals surface area contributed by atoms with Gasteiger partial charge in [-0.15, -0.1) is 0 Å². The first-order valence-electron chi connectivity index (χ1n) is 7.73. The van der Waals surface area contributed by atoms with Crippen molar-refractivity contribution < 1.29 is 0 Å². The Morgan fingerprint density at radius 2 is 2.00 bits per heavy atom. The molecule has 2 heteroatoms. The second-order valence-corrected chi connectivity index (χ2v) is 6.34. The highest BCUT2D eigenvalue weighted by Crippen LogP contribution is 2.39. The standard InChI is InChI=1S/C17H26N2/c1-4-17-16-10-18-9-15(16)11-19(17)13(3)14-7-5-12(2)6-8-14/h5-8,13,15-18H,4,9-11H2,1-3H3. The Morgan fingerprint density at radius 1 is 1.26 bits per heavy atom. The second kappa shape index (κ2) is 5.26. The van der Waals surface area contributed by atoms with Crippen LogP contribution in [0, 0.1) is 18.8 Å². The van der Waals surface area contributed by atoms with Gasteiger partial charge in [0.25, 0.3) is 0 Å². The first kappa shape index (κ1) is 13.1. The summed E-state index contributed by atoms with van der Waals surface area (Å²) < 4.78 is 0. The molecule has 0 radical (unpaired) electrons. The minimum atomic E-state index is 0.552. The summed E-state index contributed by atoms with van der Waals surface area (Å²) in [7, 11) is 0. The third-order valence-electron chi connectivity index (χ3n) is 5.23. The van der Waals surface area contributed by atoms with Crippen molar-refractivity contribution in [3.05, 3.63) is 35.4 Å². The lowest BCUT2D eigenvalue weighted by Gasteiger charge is -2.32. The van der Waals surface area contributed by atoms with Crippen LogP contribution in [0.2, 0.25) is 0 Å². The molecular formula is C17H26N2. The average Bonchev–Trinajstić information content (AvgIpc) is 2.98. The van der Waals surface area contributed by atoms with Gasteiger partial charge in [0.1, 0.15) is 0 Å². The monoisotopic (exact) mass is 258 g/mol. The number of aryl methyl sites for hydroxylation is 1. The molecule has 2 saturated heterocycles. The van der Waals surface area contributed by atoms with Gasteiger partial charge in [0.05, 0.1) is 0 Å². The molecule has 104 valence electrons. The quantitative estimate of drug-likeness (QED) is 0.896. The van der Waals surface area contributed by atoms with Crippen molar-refractivity contribution in [2.45, 2.75) is 39.3 Å². The van der Waals surface area contributed by atoms with Gasteiger partial charge in [-0.3, -0.25) is 4.90 Å². The van der Waals surface area contributed by atoms with Gasteiger partial charge in [-0.05, 0) is 50.8 Å². The van der Waals surface area contributed by atoms with Crippen LogP contribution in [-0.4, -0.2) is 30.6 Å². The van der Waals surface area contributed by atoms with Crippen LogP contribution in [0.5, 0.6) is 0 Å². The zero-order chi connectivity index (χ0) is 13.4. The van der Waals surface area contributed by atoms with Crippen LogP contribution >= 0.6 is 0 Å². The van der Waals surface area contributed by atoms with E-state index in [0.29, 0.717) is 6.04 Å². The van der Waals surface area contributed by atoms with Crippen molar-refractivity contribution in [3.63, 3.8) is 0 Å². The lowest BCUT2D eigenvalue weighted by Crippen LogP contribution is -2.36. The number of nitrogens with zero attached hydrogens (tertiary/aromatic N) is 1. The van der Waals surface area contributed by atoms with Gasteiger partial charge in [0.2, 0.25) is 0 Å². The summed E-state index contributed by atoms with van der Waals surface area (Å²) in [5.74, 6) is 1.75. The topological polar surface area (TPSA) is 15.3 Å². The maximum absolute atomic E-state index is 3.57. The molecule has 1 N–H and O–H groups in total. The summed E-state index contributed by atoms with van der Waals surface area (Å²) in [5.41, 5.74) is 2.82. The van der Waals surface area contributed by atoms with Crippen molar-refractivity contribution in [3.8, 4) is 0 Å². The Balaban J connectivity index is 1.79. The van der Waals surface area contributed by atoms with E-state index in [4.69, 9.17) is 0 Å². The molecule has 2 aliphatic heterocycles. The molecule has 4 atom stereocenters. The Morgan fingerprint density at radius 3 is 2.68 bits per heavy atom. The molecule has 0 amide bonds. The van der Waals surface area contributed by atoms with E-state index in [0.717, 1.165) is 17.9 Å². The fraction of sp³-hybridized carbons (Fsp3) is 0.647. The minimum Gasteiger partial charge on any atom is -0.316 e. The van der Waals surface area contributed by atoms with Crippen LogP contribution in [0.25, 0.3) is 0 Å². The van der Waals surface area contributed by atoms with E-state index >= 15 is 0 Å². The number of hydrogen-bond donors (Lipinski definition) is 1. The van der Waals surface area contributed by atoms with Crippen molar-refractivity contribution in [2.75, 3.05) is 19.6 Å². The van der Waals surface area contributed by atoms with Crippen molar-refractivity contribution >= 4 is 0 Å². The molecular weight excluding hydrogens is 232 g/mol. The molecule has 3 rings (SSSR count). The third kappa shape index (κ3) is 2.32. The Bertz CT molecular complexity index is 425. The maximum atomic E-state index is 3.57. The van der Waals surface area contributed by atoms with Gasteiger partial charge in [0.15, 0.2) is 0 Å². The highest BCUT2D eigenvalue weighted by Gasteiger charge is 2.44. The van der Waals surface area contributed by atoms with Gasteiger partial charge in [-0.25, -0.2) is 0 Å². The predicted octanol–water partition coefficient (Wildman–Crippen LogP) is 2.99. The van der Waals surface area contributed by atoms with E-state index in [1.807, 2.05) is 0 Å². The van der Waals surface area contributed by atoms with Crippen molar-refractivity contribution in [2.24, 2.45) is 11.8 Å².